The standard InChI is InChI=1S/C17H20N6S/c1-11-9-13(12-5-4-7-19-10-12)15(16(18)24)17-20-14(21-23(11)17)6-8-22(2)3/h4-5,7,9-10H,6,8H2,1-3H3,(H2,18,24). The van der Waals surface area contributed by atoms with Gasteiger partial charge in [-0.1, -0.05) is 18.3 Å². The molecule has 0 aliphatic rings. The van der Waals surface area contributed by atoms with Gasteiger partial charge in [0, 0.05) is 36.6 Å². The van der Waals surface area contributed by atoms with Crippen molar-refractivity contribution in [2.45, 2.75) is 13.3 Å². The molecule has 6 nitrogen and oxygen atoms in total. The summed E-state index contributed by atoms with van der Waals surface area (Å²) in [5.41, 5.74) is 10.3. The second kappa shape index (κ2) is 6.62. The molecule has 0 atom stereocenters. The fourth-order valence-corrected chi connectivity index (χ4v) is 2.85. The number of hydrogen-bond donors (Lipinski definition) is 1. The van der Waals surface area contributed by atoms with Crippen molar-refractivity contribution in [3.63, 3.8) is 0 Å². The van der Waals surface area contributed by atoms with Gasteiger partial charge in [0.05, 0.1) is 5.56 Å². The molecule has 0 aromatic carbocycles. The van der Waals surface area contributed by atoms with E-state index in [1.54, 1.807) is 12.4 Å². The summed E-state index contributed by atoms with van der Waals surface area (Å²) in [6.45, 7) is 2.88. The van der Waals surface area contributed by atoms with Crippen molar-refractivity contribution in [1.29, 1.82) is 0 Å². The molecule has 7 heteroatoms. The third-order valence-corrected chi connectivity index (χ3v) is 4.04. The summed E-state index contributed by atoms with van der Waals surface area (Å²) >= 11 is 5.30. The Hall–Kier alpha value is -2.38. The van der Waals surface area contributed by atoms with Gasteiger partial charge in [-0.15, -0.1) is 0 Å². The Morgan fingerprint density at radius 1 is 1.38 bits per heavy atom. The lowest BCUT2D eigenvalue weighted by atomic mass is 10.0. The average Bonchev–Trinajstić information content (AvgIpc) is 2.97. The molecular formula is C17H20N6S. The van der Waals surface area contributed by atoms with E-state index in [0.717, 1.165) is 41.2 Å². The maximum atomic E-state index is 6.02. The summed E-state index contributed by atoms with van der Waals surface area (Å²) in [6, 6.07) is 5.91. The van der Waals surface area contributed by atoms with Gasteiger partial charge in [-0.25, -0.2) is 9.50 Å². The molecule has 24 heavy (non-hydrogen) atoms. The molecule has 3 heterocycles. The first-order chi connectivity index (χ1) is 11.5. The molecule has 0 saturated carbocycles. The van der Waals surface area contributed by atoms with Crippen molar-refractivity contribution in [1.82, 2.24) is 24.5 Å². The number of nitrogens with zero attached hydrogens (tertiary/aromatic N) is 5. The molecule has 3 aromatic heterocycles. The van der Waals surface area contributed by atoms with Crippen molar-refractivity contribution >= 4 is 22.9 Å². The van der Waals surface area contributed by atoms with E-state index in [-0.39, 0.29) is 0 Å². The number of rotatable bonds is 5. The highest BCUT2D eigenvalue weighted by atomic mass is 32.1. The lowest BCUT2D eigenvalue weighted by Gasteiger charge is -2.11. The van der Waals surface area contributed by atoms with Crippen molar-refractivity contribution in [3.8, 4) is 11.1 Å². The van der Waals surface area contributed by atoms with Gasteiger partial charge in [0.25, 0.3) is 0 Å². The molecule has 0 saturated heterocycles. The molecule has 0 unspecified atom stereocenters. The number of aryl methyl sites for hydroxylation is 1. The lowest BCUT2D eigenvalue weighted by Crippen LogP contribution is -2.15. The Kier molecular flexibility index (Phi) is 4.55. The largest absolute Gasteiger partial charge is 0.389 e. The van der Waals surface area contributed by atoms with Crippen LogP contribution in [0.4, 0.5) is 0 Å². The van der Waals surface area contributed by atoms with Gasteiger partial charge in [0.15, 0.2) is 11.5 Å². The van der Waals surface area contributed by atoms with E-state index in [0.29, 0.717) is 10.6 Å². The Morgan fingerprint density at radius 3 is 2.79 bits per heavy atom. The zero-order valence-corrected chi connectivity index (χ0v) is 14.8. The topological polar surface area (TPSA) is 72.3 Å². The van der Waals surface area contributed by atoms with Gasteiger partial charge in [-0.3, -0.25) is 4.98 Å². The predicted octanol–water partition coefficient (Wildman–Crippen LogP) is 1.84. The fourth-order valence-electron chi connectivity index (χ4n) is 2.65. The van der Waals surface area contributed by atoms with E-state index in [1.807, 2.05) is 43.7 Å². The summed E-state index contributed by atoms with van der Waals surface area (Å²) in [5, 5.41) is 4.61. The van der Waals surface area contributed by atoms with Gasteiger partial charge in [0.1, 0.15) is 4.99 Å². The van der Waals surface area contributed by atoms with Crippen molar-refractivity contribution in [2.75, 3.05) is 20.6 Å². The second-order valence-corrected chi connectivity index (χ2v) is 6.44. The Labute approximate surface area is 146 Å². The lowest BCUT2D eigenvalue weighted by molar-refractivity contribution is 0.409. The van der Waals surface area contributed by atoms with Gasteiger partial charge in [-0.05, 0) is 38.7 Å². The summed E-state index contributed by atoms with van der Waals surface area (Å²) in [6.07, 6.45) is 4.31. The summed E-state index contributed by atoms with van der Waals surface area (Å²) in [4.78, 5) is 11.3. The highest BCUT2D eigenvalue weighted by molar-refractivity contribution is 7.80. The summed E-state index contributed by atoms with van der Waals surface area (Å²) in [5.74, 6) is 0.785. The quantitative estimate of drug-likeness (QED) is 0.715. The molecular weight excluding hydrogens is 320 g/mol. The van der Waals surface area contributed by atoms with Crippen LogP contribution < -0.4 is 5.73 Å². The molecule has 3 aromatic rings. The van der Waals surface area contributed by atoms with E-state index < -0.39 is 0 Å². The third kappa shape index (κ3) is 3.13. The van der Waals surface area contributed by atoms with Crippen LogP contribution in [0.3, 0.4) is 0 Å². The average molecular weight is 340 g/mol. The van der Waals surface area contributed by atoms with Crippen LogP contribution in [-0.2, 0) is 6.42 Å². The van der Waals surface area contributed by atoms with Crippen LogP contribution in [0.2, 0.25) is 0 Å². The second-order valence-electron chi connectivity index (χ2n) is 6.00. The molecule has 0 radical (unpaired) electrons. The van der Waals surface area contributed by atoms with E-state index in [4.69, 9.17) is 22.9 Å². The third-order valence-electron chi connectivity index (χ3n) is 3.83. The van der Waals surface area contributed by atoms with Crippen LogP contribution in [0.5, 0.6) is 0 Å². The molecule has 0 spiro atoms. The SMILES string of the molecule is Cc1cc(-c2cccnc2)c(C(N)=S)c2nc(CCN(C)C)nn12. The molecule has 0 bridgehead atoms. The van der Waals surface area contributed by atoms with E-state index in [2.05, 4.69) is 15.0 Å². The maximum absolute atomic E-state index is 6.02. The monoisotopic (exact) mass is 340 g/mol. The van der Waals surface area contributed by atoms with Crippen LogP contribution in [-0.4, -0.2) is 50.1 Å². The van der Waals surface area contributed by atoms with Crippen LogP contribution in [0.25, 0.3) is 16.8 Å². The van der Waals surface area contributed by atoms with Crippen molar-refractivity contribution in [2.24, 2.45) is 5.73 Å². The normalized spacial score (nSPS) is 11.3. The van der Waals surface area contributed by atoms with Crippen molar-refractivity contribution < 1.29 is 0 Å². The Balaban J connectivity index is 2.20. The van der Waals surface area contributed by atoms with Gasteiger partial charge in [-0.2, -0.15) is 5.10 Å². The first kappa shape index (κ1) is 16.5. The number of thiocarbonyl (C=S) groups is 1. The van der Waals surface area contributed by atoms with Crippen LogP contribution >= 0.6 is 12.2 Å². The Bertz CT molecular complexity index is 885. The molecule has 3 rings (SSSR count). The molecule has 2 N–H and O–H groups in total. The van der Waals surface area contributed by atoms with Gasteiger partial charge in [0.2, 0.25) is 0 Å². The minimum atomic E-state index is 0.311. The molecule has 124 valence electrons. The summed E-state index contributed by atoms with van der Waals surface area (Å²) < 4.78 is 1.82. The number of hydrogen-bond acceptors (Lipinski definition) is 5. The zero-order valence-electron chi connectivity index (χ0n) is 14.0. The minimum Gasteiger partial charge on any atom is -0.389 e. The smallest absolute Gasteiger partial charge is 0.166 e. The minimum absolute atomic E-state index is 0.311. The molecule has 0 amide bonds. The van der Waals surface area contributed by atoms with E-state index in [9.17, 15) is 0 Å². The van der Waals surface area contributed by atoms with Gasteiger partial charge < -0.3 is 10.6 Å². The zero-order chi connectivity index (χ0) is 17.3. The number of likely N-dealkylation sites (N-methyl/N-ethyl adjacent to an activating group) is 1. The van der Waals surface area contributed by atoms with E-state index in [1.165, 1.54) is 0 Å². The molecule has 0 aliphatic heterocycles. The highest BCUT2D eigenvalue weighted by Gasteiger charge is 2.18. The number of nitrogens with two attached hydrogens (primary N) is 1. The van der Waals surface area contributed by atoms with Crippen molar-refractivity contribution in [3.05, 3.63) is 47.7 Å². The van der Waals surface area contributed by atoms with Gasteiger partial charge >= 0.3 is 0 Å². The van der Waals surface area contributed by atoms with Crippen LogP contribution in [0.15, 0.2) is 30.6 Å². The Morgan fingerprint density at radius 2 is 2.17 bits per heavy atom. The first-order valence-electron chi connectivity index (χ1n) is 7.71. The summed E-state index contributed by atoms with van der Waals surface area (Å²) in [7, 11) is 4.06. The number of aromatic nitrogens is 4. The first-order valence-corrected chi connectivity index (χ1v) is 8.12. The fraction of sp³-hybridized carbons (Fsp3) is 0.294. The number of fused-ring (bicyclic) bond motifs is 1. The van der Waals surface area contributed by atoms with Crippen LogP contribution in [0.1, 0.15) is 17.1 Å². The van der Waals surface area contributed by atoms with E-state index >= 15 is 0 Å². The predicted molar refractivity (Wildman–Crippen MR) is 99.1 cm³/mol. The molecule has 0 fully saturated rings. The maximum Gasteiger partial charge on any atom is 0.166 e. The highest BCUT2D eigenvalue weighted by Crippen LogP contribution is 2.27. The molecule has 0 aliphatic carbocycles. The van der Waals surface area contributed by atoms with Crippen LogP contribution in [0, 0.1) is 6.92 Å². The number of pyridine rings is 2.